The maximum Gasteiger partial charge on any atom is 0.247 e. The molecule has 0 aliphatic heterocycles. The van der Waals surface area contributed by atoms with Gasteiger partial charge < -0.3 is 5.73 Å². The molecule has 1 unspecified atom stereocenters. The summed E-state index contributed by atoms with van der Waals surface area (Å²) in [6, 6.07) is 0. The average Bonchev–Trinajstić information content (AvgIpc) is 2.62. The van der Waals surface area contributed by atoms with Crippen LogP contribution in [0.2, 0.25) is 0 Å². The maximum atomic E-state index is 11.4. The maximum absolute atomic E-state index is 11.4. The number of carbonyl (C=O) groups excluding carboxylic acids is 1. The molecule has 8 heteroatoms. The molecule has 0 aliphatic carbocycles. The van der Waals surface area contributed by atoms with Crippen LogP contribution < -0.4 is 17.0 Å². The van der Waals surface area contributed by atoms with E-state index in [-0.39, 0.29) is 17.1 Å². The molecular weight excluding hydrogens is 216 g/mol. The SMILES string of the molecule is CCCC(Sc1n[nH]c(N)n1)C(=O)NN. The van der Waals surface area contributed by atoms with Crippen LogP contribution in [-0.2, 0) is 4.79 Å². The zero-order chi connectivity index (χ0) is 11.3. The van der Waals surface area contributed by atoms with E-state index in [9.17, 15) is 4.79 Å². The largest absolute Gasteiger partial charge is 0.368 e. The summed E-state index contributed by atoms with van der Waals surface area (Å²) in [4.78, 5) is 15.3. The Morgan fingerprint density at radius 3 is 2.93 bits per heavy atom. The molecule has 1 heterocycles. The number of rotatable bonds is 5. The Labute approximate surface area is 91.4 Å². The molecule has 84 valence electrons. The molecular formula is C7H14N6OS. The average molecular weight is 230 g/mol. The van der Waals surface area contributed by atoms with Gasteiger partial charge in [-0.25, -0.2) is 10.9 Å². The van der Waals surface area contributed by atoms with E-state index in [0.29, 0.717) is 11.6 Å². The molecule has 1 atom stereocenters. The molecule has 1 amide bonds. The van der Waals surface area contributed by atoms with Gasteiger partial charge in [-0.1, -0.05) is 25.1 Å². The van der Waals surface area contributed by atoms with Crippen LogP contribution >= 0.6 is 11.8 Å². The number of nitrogens with zero attached hydrogens (tertiary/aromatic N) is 2. The van der Waals surface area contributed by atoms with Crippen molar-refractivity contribution in [3.63, 3.8) is 0 Å². The molecule has 1 aromatic rings. The smallest absolute Gasteiger partial charge is 0.247 e. The van der Waals surface area contributed by atoms with Crippen molar-refractivity contribution in [3.8, 4) is 0 Å². The van der Waals surface area contributed by atoms with Crippen LogP contribution in [0.1, 0.15) is 19.8 Å². The fraction of sp³-hybridized carbons (Fsp3) is 0.571. The number of hydrogen-bond acceptors (Lipinski definition) is 6. The molecule has 0 bridgehead atoms. The second-order valence-electron chi connectivity index (χ2n) is 2.91. The van der Waals surface area contributed by atoms with E-state index in [0.717, 1.165) is 6.42 Å². The summed E-state index contributed by atoms with van der Waals surface area (Å²) >= 11 is 1.24. The minimum absolute atomic E-state index is 0.231. The van der Waals surface area contributed by atoms with Gasteiger partial charge in [0.1, 0.15) is 0 Å². The van der Waals surface area contributed by atoms with Gasteiger partial charge >= 0.3 is 0 Å². The van der Waals surface area contributed by atoms with E-state index in [2.05, 4.69) is 20.6 Å². The molecule has 1 rings (SSSR count). The Kier molecular flexibility index (Phi) is 4.37. The monoisotopic (exact) mass is 230 g/mol. The highest BCUT2D eigenvalue weighted by molar-refractivity contribution is 8.00. The first-order chi connectivity index (χ1) is 7.17. The van der Waals surface area contributed by atoms with E-state index in [4.69, 9.17) is 11.6 Å². The fourth-order valence-corrected chi connectivity index (χ4v) is 2.07. The summed E-state index contributed by atoms with van der Waals surface area (Å²) < 4.78 is 0. The van der Waals surface area contributed by atoms with Gasteiger partial charge in [0, 0.05) is 0 Å². The topological polar surface area (TPSA) is 123 Å². The molecule has 0 radical (unpaired) electrons. The Morgan fingerprint density at radius 2 is 2.47 bits per heavy atom. The number of thioether (sulfide) groups is 1. The second kappa shape index (κ2) is 5.56. The van der Waals surface area contributed by atoms with Gasteiger partial charge in [-0.15, -0.1) is 5.10 Å². The van der Waals surface area contributed by atoms with Gasteiger partial charge in [0.2, 0.25) is 17.0 Å². The lowest BCUT2D eigenvalue weighted by Crippen LogP contribution is -2.37. The molecule has 0 aromatic carbocycles. The molecule has 0 saturated carbocycles. The molecule has 0 fully saturated rings. The van der Waals surface area contributed by atoms with Crippen molar-refractivity contribution in [2.45, 2.75) is 30.2 Å². The summed E-state index contributed by atoms with van der Waals surface area (Å²) in [6.45, 7) is 1.99. The van der Waals surface area contributed by atoms with Crippen molar-refractivity contribution in [1.82, 2.24) is 20.6 Å². The highest BCUT2D eigenvalue weighted by Crippen LogP contribution is 2.23. The van der Waals surface area contributed by atoms with E-state index >= 15 is 0 Å². The first kappa shape index (κ1) is 11.8. The van der Waals surface area contributed by atoms with Crippen LogP contribution in [0.5, 0.6) is 0 Å². The molecule has 1 aromatic heterocycles. The third-order valence-electron chi connectivity index (χ3n) is 1.72. The van der Waals surface area contributed by atoms with Gasteiger partial charge in [0.25, 0.3) is 0 Å². The van der Waals surface area contributed by atoms with Crippen LogP contribution in [0.3, 0.4) is 0 Å². The standard InChI is InChI=1S/C7H14N6OS/c1-2-3-4(5(14)11-9)15-7-10-6(8)12-13-7/h4H,2-3,9H2,1H3,(H,11,14)(H3,8,10,12,13). The van der Waals surface area contributed by atoms with Crippen molar-refractivity contribution < 1.29 is 4.79 Å². The van der Waals surface area contributed by atoms with Crippen molar-refractivity contribution in [1.29, 1.82) is 0 Å². The van der Waals surface area contributed by atoms with Crippen molar-refractivity contribution in [2.75, 3.05) is 5.73 Å². The zero-order valence-corrected chi connectivity index (χ0v) is 9.17. The number of amides is 1. The second-order valence-corrected chi connectivity index (χ2v) is 4.08. The quantitative estimate of drug-likeness (QED) is 0.237. The number of hydrogen-bond donors (Lipinski definition) is 4. The normalized spacial score (nSPS) is 12.4. The van der Waals surface area contributed by atoms with Crippen molar-refractivity contribution >= 4 is 23.6 Å². The zero-order valence-electron chi connectivity index (χ0n) is 8.36. The number of nitrogen functional groups attached to an aromatic ring is 1. The minimum atomic E-state index is -0.282. The molecule has 0 aliphatic rings. The molecule has 7 nitrogen and oxygen atoms in total. The van der Waals surface area contributed by atoms with E-state index in [1.807, 2.05) is 6.92 Å². The lowest BCUT2D eigenvalue weighted by Gasteiger charge is -2.10. The Hall–Kier alpha value is -1.28. The Bertz CT molecular complexity index is 327. The van der Waals surface area contributed by atoms with Crippen LogP contribution in [0.25, 0.3) is 0 Å². The summed E-state index contributed by atoms with van der Waals surface area (Å²) in [7, 11) is 0. The summed E-state index contributed by atoms with van der Waals surface area (Å²) in [5.74, 6) is 5.08. The first-order valence-corrected chi connectivity index (χ1v) is 5.40. The minimum Gasteiger partial charge on any atom is -0.368 e. The lowest BCUT2D eigenvalue weighted by atomic mass is 10.2. The van der Waals surface area contributed by atoms with Gasteiger partial charge in [0.15, 0.2) is 0 Å². The number of carbonyl (C=O) groups is 1. The van der Waals surface area contributed by atoms with Gasteiger partial charge in [0.05, 0.1) is 5.25 Å². The molecule has 6 N–H and O–H groups in total. The summed E-state index contributed by atoms with van der Waals surface area (Å²) in [6.07, 6.45) is 1.59. The third kappa shape index (κ3) is 3.40. The van der Waals surface area contributed by atoms with E-state index < -0.39 is 0 Å². The van der Waals surface area contributed by atoms with Crippen LogP contribution in [0.4, 0.5) is 5.95 Å². The first-order valence-electron chi connectivity index (χ1n) is 4.52. The highest BCUT2D eigenvalue weighted by atomic mass is 32.2. The molecule has 0 saturated heterocycles. The summed E-state index contributed by atoms with van der Waals surface area (Å²) in [5.41, 5.74) is 7.49. The predicted molar refractivity (Wildman–Crippen MR) is 57.7 cm³/mol. The molecule has 15 heavy (non-hydrogen) atoms. The number of hydrazine groups is 1. The lowest BCUT2D eigenvalue weighted by molar-refractivity contribution is -0.120. The predicted octanol–water partition coefficient (Wildman–Crippen LogP) is -0.362. The van der Waals surface area contributed by atoms with E-state index in [1.165, 1.54) is 11.8 Å². The highest BCUT2D eigenvalue weighted by Gasteiger charge is 2.19. The van der Waals surface area contributed by atoms with Crippen molar-refractivity contribution in [3.05, 3.63) is 0 Å². The van der Waals surface area contributed by atoms with Gasteiger partial charge in [-0.3, -0.25) is 10.2 Å². The fourth-order valence-electron chi connectivity index (χ4n) is 1.04. The Morgan fingerprint density at radius 1 is 1.73 bits per heavy atom. The Balaban J connectivity index is 2.62. The number of anilines is 1. The number of H-pyrrole nitrogens is 1. The summed E-state index contributed by atoms with van der Waals surface area (Å²) in [5, 5.41) is 6.51. The number of nitrogens with one attached hydrogen (secondary N) is 2. The number of aromatic amines is 1. The van der Waals surface area contributed by atoms with Gasteiger partial charge in [-0.05, 0) is 6.42 Å². The third-order valence-corrected chi connectivity index (χ3v) is 2.84. The van der Waals surface area contributed by atoms with Gasteiger partial charge in [-0.2, -0.15) is 4.98 Å². The van der Waals surface area contributed by atoms with E-state index in [1.54, 1.807) is 0 Å². The number of aromatic nitrogens is 3. The van der Waals surface area contributed by atoms with Crippen LogP contribution in [0.15, 0.2) is 5.16 Å². The number of nitrogens with two attached hydrogens (primary N) is 2. The van der Waals surface area contributed by atoms with Crippen molar-refractivity contribution in [2.24, 2.45) is 5.84 Å². The van der Waals surface area contributed by atoms with Crippen LogP contribution in [-0.4, -0.2) is 26.3 Å². The molecule has 0 spiro atoms. The van der Waals surface area contributed by atoms with Crippen LogP contribution in [0, 0.1) is 0 Å².